The SMILES string of the molecule is CCOc1ccc(/C=N\OCC(=O)N(C)c2ccccc2)cc1OC. The fourth-order valence-corrected chi connectivity index (χ4v) is 2.12. The van der Waals surface area contributed by atoms with E-state index in [9.17, 15) is 4.79 Å². The zero-order chi connectivity index (χ0) is 18.1. The Hall–Kier alpha value is -3.02. The van der Waals surface area contributed by atoms with Gasteiger partial charge in [0.2, 0.25) is 0 Å². The molecule has 2 aromatic rings. The highest BCUT2D eigenvalue weighted by molar-refractivity contribution is 5.93. The molecular formula is C19H22N2O4. The first-order valence-corrected chi connectivity index (χ1v) is 7.93. The molecule has 132 valence electrons. The number of ether oxygens (including phenoxy) is 2. The van der Waals surface area contributed by atoms with E-state index in [0.717, 1.165) is 11.3 Å². The summed E-state index contributed by atoms with van der Waals surface area (Å²) in [4.78, 5) is 18.7. The van der Waals surface area contributed by atoms with Crippen LogP contribution in [-0.4, -0.2) is 39.5 Å². The number of para-hydroxylation sites is 1. The van der Waals surface area contributed by atoms with Gasteiger partial charge in [0, 0.05) is 18.3 Å². The van der Waals surface area contributed by atoms with Crippen LogP contribution < -0.4 is 14.4 Å². The zero-order valence-electron chi connectivity index (χ0n) is 14.6. The number of benzene rings is 2. The summed E-state index contributed by atoms with van der Waals surface area (Å²) in [6, 6.07) is 14.8. The molecule has 0 heterocycles. The highest BCUT2D eigenvalue weighted by Gasteiger charge is 2.10. The number of amides is 1. The molecule has 0 bridgehead atoms. The number of likely N-dealkylation sites (N-methyl/N-ethyl adjacent to an activating group) is 1. The average Bonchev–Trinajstić information content (AvgIpc) is 2.66. The van der Waals surface area contributed by atoms with E-state index in [-0.39, 0.29) is 12.5 Å². The quantitative estimate of drug-likeness (QED) is 0.546. The number of hydrogen-bond acceptors (Lipinski definition) is 5. The summed E-state index contributed by atoms with van der Waals surface area (Å²) in [5.74, 6) is 1.10. The minimum atomic E-state index is -0.187. The Bertz CT molecular complexity index is 717. The van der Waals surface area contributed by atoms with Crippen molar-refractivity contribution in [3.63, 3.8) is 0 Å². The van der Waals surface area contributed by atoms with Crippen LogP contribution in [0.2, 0.25) is 0 Å². The third-order valence-corrected chi connectivity index (χ3v) is 3.47. The van der Waals surface area contributed by atoms with E-state index in [4.69, 9.17) is 14.3 Å². The van der Waals surface area contributed by atoms with Gasteiger partial charge < -0.3 is 19.2 Å². The van der Waals surface area contributed by atoms with Crippen molar-refractivity contribution in [3.8, 4) is 11.5 Å². The van der Waals surface area contributed by atoms with Crippen molar-refractivity contribution < 1.29 is 19.1 Å². The molecule has 0 aliphatic heterocycles. The molecule has 0 fully saturated rings. The lowest BCUT2D eigenvalue weighted by molar-refractivity contribution is -0.122. The van der Waals surface area contributed by atoms with Crippen molar-refractivity contribution in [2.45, 2.75) is 6.92 Å². The molecule has 0 aromatic heterocycles. The lowest BCUT2D eigenvalue weighted by Crippen LogP contribution is -2.29. The number of rotatable bonds is 8. The second kappa shape index (κ2) is 9.32. The Morgan fingerprint density at radius 1 is 1.16 bits per heavy atom. The molecule has 0 unspecified atom stereocenters. The van der Waals surface area contributed by atoms with Crippen LogP contribution in [0.4, 0.5) is 5.69 Å². The summed E-state index contributed by atoms with van der Waals surface area (Å²) in [6.07, 6.45) is 1.52. The molecule has 0 spiro atoms. The molecule has 0 radical (unpaired) electrons. The Labute approximate surface area is 147 Å². The smallest absolute Gasteiger partial charge is 0.267 e. The molecule has 0 atom stereocenters. The predicted molar refractivity (Wildman–Crippen MR) is 97.6 cm³/mol. The highest BCUT2D eigenvalue weighted by atomic mass is 16.6. The van der Waals surface area contributed by atoms with E-state index in [1.54, 1.807) is 26.3 Å². The third kappa shape index (κ3) is 5.24. The van der Waals surface area contributed by atoms with Crippen molar-refractivity contribution in [2.24, 2.45) is 5.16 Å². The van der Waals surface area contributed by atoms with Crippen LogP contribution in [0, 0.1) is 0 Å². The molecule has 0 aliphatic carbocycles. The lowest BCUT2D eigenvalue weighted by atomic mass is 10.2. The van der Waals surface area contributed by atoms with Crippen molar-refractivity contribution >= 4 is 17.8 Å². The monoisotopic (exact) mass is 342 g/mol. The summed E-state index contributed by atoms with van der Waals surface area (Å²) in [6.45, 7) is 2.33. The molecule has 25 heavy (non-hydrogen) atoms. The van der Waals surface area contributed by atoms with Crippen LogP contribution >= 0.6 is 0 Å². The van der Waals surface area contributed by atoms with Crippen LogP contribution in [0.3, 0.4) is 0 Å². The van der Waals surface area contributed by atoms with Crippen LogP contribution in [0.25, 0.3) is 0 Å². The molecule has 0 saturated heterocycles. The molecule has 2 rings (SSSR count). The number of carbonyl (C=O) groups is 1. The summed E-state index contributed by atoms with van der Waals surface area (Å²) >= 11 is 0. The minimum absolute atomic E-state index is 0.143. The van der Waals surface area contributed by atoms with Crippen molar-refractivity contribution in [3.05, 3.63) is 54.1 Å². The number of anilines is 1. The van der Waals surface area contributed by atoms with Gasteiger partial charge in [0.05, 0.1) is 19.9 Å². The second-order valence-corrected chi connectivity index (χ2v) is 5.14. The van der Waals surface area contributed by atoms with Gasteiger partial charge in [0.15, 0.2) is 18.1 Å². The van der Waals surface area contributed by atoms with Crippen LogP contribution in [0.5, 0.6) is 11.5 Å². The Kier molecular flexibility index (Phi) is 6.83. The van der Waals surface area contributed by atoms with E-state index < -0.39 is 0 Å². The zero-order valence-corrected chi connectivity index (χ0v) is 14.6. The second-order valence-electron chi connectivity index (χ2n) is 5.14. The molecule has 0 saturated carbocycles. The summed E-state index contributed by atoms with van der Waals surface area (Å²) in [5.41, 5.74) is 1.58. The van der Waals surface area contributed by atoms with E-state index in [2.05, 4.69) is 5.16 Å². The minimum Gasteiger partial charge on any atom is -0.493 e. The Morgan fingerprint density at radius 3 is 2.60 bits per heavy atom. The van der Waals surface area contributed by atoms with Gasteiger partial charge in [0.1, 0.15) is 0 Å². The first kappa shape index (κ1) is 18.3. The van der Waals surface area contributed by atoms with Crippen molar-refractivity contribution in [2.75, 3.05) is 32.3 Å². The van der Waals surface area contributed by atoms with E-state index in [1.807, 2.05) is 43.3 Å². The van der Waals surface area contributed by atoms with E-state index in [0.29, 0.717) is 18.1 Å². The summed E-state index contributed by atoms with van der Waals surface area (Å²) in [7, 11) is 3.27. The summed E-state index contributed by atoms with van der Waals surface area (Å²) < 4.78 is 10.7. The molecular weight excluding hydrogens is 320 g/mol. The molecule has 6 heteroatoms. The van der Waals surface area contributed by atoms with Crippen molar-refractivity contribution in [1.29, 1.82) is 0 Å². The van der Waals surface area contributed by atoms with E-state index in [1.165, 1.54) is 11.1 Å². The van der Waals surface area contributed by atoms with Crippen LogP contribution in [-0.2, 0) is 9.63 Å². The predicted octanol–water partition coefficient (Wildman–Crippen LogP) is 3.11. The molecule has 1 amide bonds. The van der Waals surface area contributed by atoms with Gasteiger partial charge in [0.25, 0.3) is 5.91 Å². The number of carbonyl (C=O) groups excluding carboxylic acids is 1. The average molecular weight is 342 g/mol. The van der Waals surface area contributed by atoms with Gasteiger partial charge in [-0.25, -0.2) is 0 Å². The van der Waals surface area contributed by atoms with Gasteiger partial charge >= 0.3 is 0 Å². The molecule has 6 nitrogen and oxygen atoms in total. The van der Waals surface area contributed by atoms with Crippen molar-refractivity contribution in [1.82, 2.24) is 0 Å². The first-order valence-electron chi connectivity index (χ1n) is 7.93. The van der Waals surface area contributed by atoms with Gasteiger partial charge in [-0.15, -0.1) is 0 Å². The van der Waals surface area contributed by atoms with Gasteiger partial charge in [-0.2, -0.15) is 0 Å². The van der Waals surface area contributed by atoms with Gasteiger partial charge in [-0.3, -0.25) is 4.79 Å². The largest absolute Gasteiger partial charge is 0.493 e. The molecule has 2 aromatic carbocycles. The van der Waals surface area contributed by atoms with Gasteiger partial charge in [-0.1, -0.05) is 23.4 Å². The fourth-order valence-electron chi connectivity index (χ4n) is 2.12. The number of nitrogens with zero attached hydrogens (tertiary/aromatic N) is 2. The molecule has 0 aliphatic rings. The normalized spacial score (nSPS) is 10.5. The number of oxime groups is 1. The lowest BCUT2D eigenvalue weighted by Gasteiger charge is -2.16. The van der Waals surface area contributed by atoms with Gasteiger partial charge in [-0.05, 0) is 37.3 Å². The highest BCUT2D eigenvalue weighted by Crippen LogP contribution is 2.27. The van der Waals surface area contributed by atoms with Crippen LogP contribution in [0.1, 0.15) is 12.5 Å². The van der Waals surface area contributed by atoms with E-state index >= 15 is 0 Å². The summed E-state index contributed by atoms with van der Waals surface area (Å²) in [5, 5.41) is 3.84. The fraction of sp³-hybridized carbons (Fsp3) is 0.263. The maximum atomic E-state index is 12.1. The Morgan fingerprint density at radius 2 is 1.92 bits per heavy atom. The molecule has 0 N–H and O–H groups in total. The first-order chi connectivity index (χ1) is 12.2. The standard InChI is InChI=1S/C19H22N2O4/c1-4-24-17-11-10-15(12-18(17)23-3)13-20-25-14-19(22)21(2)16-8-6-5-7-9-16/h5-13H,4,14H2,1-3H3/b20-13-. The number of hydrogen-bond donors (Lipinski definition) is 0. The Balaban J connectivity index is 1.89. The topological polar surface area (TPSA) is 60.4 Å². The maximum absolute atomic E-state index is 12.1. The van der Waals surface area contributed by atoms with Crippen LogP contribution in [0.15, 0.2) is 53.7 Å². The third-order valence-electron chi connectivity index (χ3n) is 3.47. The maximum Gasteiger partial charge on any atom is 0.267 e. The number of methoxy groups -OCH3 is 1.